The monoisotopic (exact) mass is 372 g/mol. The number of carbonyl (C=O) groups is 1. The molecule has 0 saturated carbocycles. The van der Waals surface area contributed by atoms with E-state index in [0.29, 0.717) is 12.4 Å². The standard InChI is InChI=1S/C16H18ClFN4O.ClH/c17-13-2-1-11(9-14(13)18)10-22-15(5-8-20-22)21-16(23)12-3-6-19-7-4-12;/h1-2,5,8-9,12,19H,3-4,6-7,10H2,(H,21,23);1H. The number of aromatic nitrogens is 2. The van der Waals surface area contributed by atoms with Crippen LogP contribution in [-0.2, 0) is 11.3 Å². The van der Waals surface area contributed by atoms with Crippen molar-refractivity contribution in [3.8, 4) is 0 Å². The summed E-state index contributed by atoms with van der Waals surface area (Å²) in [5, 5.41) is 10.4. The molecule has 2 N–H and O–H groups in total. The summed E-state index contributed by atoms with van der Waals surface area (Å²) in [6.07, 6.45) is 3.29. The van der Waals surface area contributed by atoms with E-state index in [-0.39, 0.29) is 29.3 Å². The third-order valence-corrected chi connectivity index (χ3v) is 4.30. The van der Waals surface area contributed by atoms with Crippen LogP contribution in [0.3, 0.4) is 0 Å². The van der Waals surface area contributed by atoms with Crippen LogP contribution in [0.1, 0.15) is 18.4 Å². The van der Waals surface area contributed by atoms with Crippen LogP contribution in [0.25, 0.3) is 0 Å². The summed E-state index contributed by atoms with van der Waals surface area (Å²) < 4.78 is 15.2. The predicted octanol–water partition coefficient (Wildman–Crippen LogP) is 3.08. The van der Waals surface area contributed by atoms with Crippen molar-refractivity contribution in [3.05, 3.63) is 46.9 Å². The molecule has 0 unspecified atom stereocenters. The largest absolute Gasteiger partial charge is 0.317 e. The smallest absolute Gasteiger partial charge is 0.228 e. The zero-order valence-electron chi connectivity index (χ0n) is 13.0. The molecule has 24 heavy (non-hydrogen) atoms. The molecular weight excluding hydrogens is 354 g/mol. The van der Waals surface area contributed by atoms with Crippen LogP contribution in [0.4, 0.5) is 10.2 Å². The van der Waals surface area contributed by atoms with E-state index in [1.807, 2.05) is 0 Å². The molecule has 1 aliphatic heterocycles. The average molecular weight is 373 g/mol. The van der Waals surface area contributed by atoms with Gasteiger partial charge in [0.15, 0.2) is 0 Å². The van der Waals surface area contributed by atoms with Gasteiger partial charge in [0.1, 0.15) is 11.6 Å². The third kappa shape index (κ3) is 4.47. The lowest BCUT2D eigenvalue weighted by Gasteiger charge is -2.21. The molecule has 1 aromatic heterocycles. The van der Waals surface area contributed by atoms with Gasteiger partial charge >= 0.3 is 0 Å². The molecular formula is C16H19Cl2FN4O. The van der Waals surface area contributed by atoms with Gasteiger partial charge in [-0.3, -0.25) is 4.79 Å². The summed E-state index contributed by atoms with van der Waals surface area (Å²) in [5.74, 6) is 0.184. The Kier molecular flexibility index (Phi) is 6.60. The molecule has 130 valence electrons. The van der Waals surface area contributed by atoms with Gasteiger partial charge in [-0.25, -0.2) is 9.07 Å². The Morgan fingerprint density at radius 3 is 2.83 bits per heavy atom. The maximum atomic E-state index is 13.5. The highest BCUT2D eigenvalue weighted by Crippen LogP contribution is 2.19. The lowest BCUT2D eigenvalue weighted by atomic mass is 9.97. The molecule has 2 aromatic rings. The maximum Gasteiger partial charge on any atom is 0.228 e. The van der Waals surface area contributed by atoms with E-state index in [1.54, 1.807) is 23.0 Å². The molecule has 2 heterocycles. The molecule has 0 atom stereocenters. The van der Waals surface area contributed by atoms with Crippen molar-refractivity contribution in [1.29, 1.82) is 0 Å². The average Bonchev–Trinajstić information content (AvgIpc) is 2.98. The summed E-state index contributed by atoms with van der Waals surface area (Å²) in [4.78, 5) is 12.3. The number of amides is 1. The fourth-order valence-corrected chi connectivity index (χ4v) is 2.81. The van der Waals surface area contributed by atoms with Gasteiger partial charge in [-0.1, -0.05) is 17.7 Å². The summed E-state index contributed by atoms with van der Waals surface area (Å²) in [6.45, 7) is 2.09. The Morgan fingerprint density at radius 1 is 1.38 bits per heavy atom. The molecule has 0 aliphatic carbocycles. The quantitative estimate of drug-likeness (QED) is 0.866. The molecule has 5 nitrogen and oxygen atoms in total. The second kappa shape index (κ2) is 8.46. The number of hydrogen-bond donors (Lipinski definition) is 2. The molecule has 0 spiro atoms. The van der Waals surface area contributed by atoms with Crippen LogP contribution in [0.5, 0.6) is 0 Å². The SMILES string of the molecule is Cl.O=C(Nc1ccnn1Cc1ccc(Cl)c(F)c1)C1CCNCC1. The first-order chi connectivity index (χ1) is 11.1. The molecule has 0 bridgehead atoms. The van der Waals surface area contributed by atoms with E-state index in [9.17, 15) is 9.18 Å². The summed E-state index contributed by atoms with van der Waals surface area (Å²) in [7, 11) is 0. The Morgan fingerprint density at radius 2 is 2.12 bits per heavy atom. The minimum absolute atomic E-state index is 0. The zero-order chi connectivity index (χ0) is 16.2. The van der Waals surface area contributed by atoms with Crippen LogP contribution in [0, 0.1) is 11.7 Å². The normalized spacial score (nSPS) is 14.9. The lowest BCUT2D eigenvalue weighted by molar-refractivity contribution is -0.120. The first-order valence-corrected chi connectivity index (χ1v) is 7.98. The van der Waals surface area contributed by atoms with E-state index < -0.39 is 5.82 Å². The molecule has 1 amide bonds. The molecule has 1 saturated heterocycles. The van der Waals surface area contributed by atoms with E-state index in [2.05, 4.69) is 15.7 Å². The number of hydrogen-bond acceptors (Lipinski definition) is 3. The number of nitrogens with one attached hydrogen (secondary N) is 2. The molecule has 1 aromatic carbocycles. The van der Waals surface area contributed by atoms with Gasteiger partial charge in [-0.2, -0.15) is 5.10 Å². The van der Waals surface area contributed by atoms with Crippen LogP contribution in [0.2, 0.25) is 5.02 Å². The molecule has 1 fully saturated rings. The van der Waals surface area contributed by atoms with Crippen molar-refractivity contribution in [2.24, 2.45) is 5.92 Å². The van der Waals surface area contributed by atoms with Crippen LogP contribution >= 0.6 is 24.0 Å². The maximum absolute atomic E-state index is 13.5. The van der Waals surface area contributed by atoms with Gasteiger partial charge in [0.25, 0.3) is 0 Å². The number of carbonyl (C=O) groups excluding carboxylic acids is 1. The second-order valence-corrected chi connectivity index (χ2v) is 6.04. The Hall–Kier alpha value is -1.63. The highest BCUT2D eigenvalue weighted by molar-refractivity contribution is 6.30. The second-order valence-electron chi connectivity index (χ2n) is 5.64. The highest BCUT2D eigenvalue weighted by atomic mass is 35.5. The van der Waals surface area contributed by atoms with E-state index in [0.717, 1.165) is 31.5 Å². The fourth-order valence-electron chi connectivity index (χ4n) is 2.69. The number of rotatable bonds is 4. The first-order valence-electron chi connectivity index (χ1n) is 7.61. The van der Waals surface area contributed by atoms with Gasteiger partial charge in [0, 0.05) is 12.0 Å². The minimum Gasteiger partial charge on any atom is -0.317 e. The Bertz CT molecular complexity index is 701. The Balaban J connectivity index is 0.00000208. The third-order valence-electron chi connectivity index (χ3n) is 3.99. The number of halogens is 3. The van der Waals surface area contributed by atoms with Gasteiger partial charge in [-0.15, -0.1) is 12.4 Å². The van der Waals surface area contributed by atoms with E-state index >= 15 is 0 Å². The summed E-state index contributed by atoms with van der Waals surface area (Å²) in [5.41, 5.74) is 0.730. The van der Waals surface area contributed by atoms with E-state index in [1.165, 1.54) is 12.1 Å². The van der Waals surface area contributed by atoms with Gasteiger partial charge < -0.3 is 10.6 Å². The van der Waals surface area contributed by atoms with Crippen LogP contribution < -0.4 is 10.6 Å². The van der Waals surface area contributed by atoms with Crippen molar-refractivity contribution in [2.45, 2.75) is 19.4 Å². The zero-order valence-corrected chi connectivity index (χ0v) is 14.5. The van der Waals surface area contributed by atoms with Gasteiger partial charge in [0.2, 0.25) is 5.91 Å². The van der Waals surface area contributed by atoms with Crippen molar-refractivity contribution >= 4 is 35.7 Å². The fraction of sp³-hybridized carbons (Fsp3) is 0.375. The van der Waals surface area contributed by atoms with Crippen molar-refractivity contribution in [3.63, 3.8) is 0 Å². The van der Waals surface area contributed by atoms with Gasteiger partial charge in [0.05, 0.1) is 17.8 Å². The van der Waals surface area contributed by atoms with Crippen molar-refractivity contribution < 1.29 is 9.18 Å². The lowest BCUT2D eigenvalue weighted by Crippen LogP contribution is -2.35. The predicted molar refractivity (Wildman–Crippen MR) is 94.2 cm³/mol. The minimum atomic E-state index is -0.461. The molecule has 8 heteroatoms. The van der Waals surface area contributed by atoms with Crippen LogP contribution in [-0.4, -0.2) is 28.8 Å². The number of piperidine rings is 1. The summed E-state index contributed by atoms with van der Waals surface area (Å²) >= 11 is 5.69. The topological polar surface area (TPSA) is 59.0 Å². The molecule has 1 aliphatic rings. The first kappa shape index (κ1) is 18.7. The van der Waals surface area contributed by atoms with Crippen molar-refractivity contribution in [2.75, 3.05) is 18.4 Å². The molecule has 3 rings (SSSR count). The number of nitrogens with zero attached hydrogens (tertiary/aromatic N) is 2. The Labute approximate surface area is 151 Å². The van der Waals surface area contributed by atoms with E-state index in [4.69, 9.17) is 11.6 Å². The van der Waals surface area contributed by atoms with Crippen molar-refractivity contribution in [1.82, 2.24) is 15.1 Å². The summed E-state index contributed by atoms with van der Waals surface area (Å²) in [6, 6.07) is 6.38. The number of benzene rings is 1. The number of anilines is 1. The van der Waals surface area contributed by atoms with Crippen LogP contribution in [0.15, 0.2) is 30.5 Å². The molecule has 0 radical (unpaired) electrons. The van der Waals surface area contributed by atoms with Gasteiger partial charge in [-0.05, 0) is 43.6 Å². The highest BCUT2D eigenvalue weighted by Gasteiger charge is 2.21.